The van der Waals surface area contributed by atoms with Crippen molar-refractivity contribution in [3.8, 4) is 0 Å². The third-order valence-electron chi connectivity index (χ3n) is 3.70. The molecule has 0 spiro atoms. The molecule has 1 N–H and O–H groups in total. The Hall–Kier alpha value is -1.96. The van der Waals surface area contributed by atoms with Crippen molar-refractivity contribution in [1.29, 1.82) is 0 Å². The Balaban J connectivity index is 2.00. The van der Waals surface area contributed by atoms with Crippen LogP contribution in [-0.4, -0.2) is 32.5 Å². The Morgan fingerprint density at radius 3 is 2.50 bits per heavy atom. The van der Waals surface area contributed by atoms with Gasteiger partial charge < -0.3 is 10.2 Å². The second-order valence-electron chi connectivity index (χ2n) is 6.47. The normalized spacial score (nSPS) is 18.2. The minimum absolute atomic E-state index is 0.00995. The Morgan fingerprint density at radius 1 is 1.33 bits per heavy atom. The first-order chi connectivity index (χ1) is 11.1. The first-order valence-corrected chi connectivity index (χ1v) is 9.32. The van der Waals surface area contributed by atoms with Gasteiger partial charge in [0.25, 0.3) is 0 Å². The maximum Gasteiger partial charge on any atom is 0.302 e. The van der Waals surface area contributed by atoms with Crippen LogP contribution in [0.2, 0.25) is 0 Å². The molecule has 132 valence electrons. The molecule has 8 heteroatoms. The summed E-state index contributed by atoms with van der Waals surface area (Å²) in [4.78, 5) is 25.2. The van der Waals surface area contributed by atoms with E-state index in [1.165, 1.54) is 4.90 Å². The summed E-state index contributed by atoms with van der Waals surface area (Å²) in [5.74, 6) is -1.24. The van der Waals surface area contributed by atoms with Crippen molar-refractivity contribution in [2.24, 2.45) is 11.8 Å². The minimum Gasteiger partial charge on any atom is -0.326 e. The number of amides is 2. The van der Waals surface area contributed by atoms with E-state index >= 15 is 0 Å². The molecule has 1 unspecified atom stereocenters. The number of hydrogen-bond acceptors (Lipinski definition) is 4. The molecule has 1 heterocycles. The van der Waals surface area contributed by atoms with E-state index in [4.69, 9.17) is 0 Å². The van der Waals surface area contributed by atoms with E-state index in [0.717, 1.165) is 0 Å². The van der Waals surface area contributed by atoms with Crippen LogP contribution in [0.5, 0.6) is 0 Å². The molecule has 1 fully saturated rings. The number of carbonyl (C=O) groups is 2. The zero-order valence-electron chi connectivity index (χ0n) is 13.7. The molecule has 0 saturated carbocycles. The quantitative estimate of drug-likeness (QED) is 0.793. The van der Waals surface area contributed by atoms with Crippen LogP contribution < -0.4 is 10.2 Å². The molecule has 2 amide bonds. The zero-order valence-corrected chi connectivity index (χ0v) is 14.5. The van der Waals surface area contributed by atoms with Crippen LogP contribution in [-0.2, 0) is 19.8 Å². The molecule has 1 aromatic carbocycles. The molecule has 1 aliphatic rings. The Bertz CT molecular complexity index is 716. The van der Waals surface area contributed by atoms with Gasteiger partial charge in [-0.3, -0.25) is 9.59 Å². The van der Waals surface area contributed by atoms with Gasteiger partial charge in [0.15, 0.2) is 0 Å². The van der Waals surface area contributed by atoms with E-state index in [1.807, 2.05) is 13.8 Å². The third kappa shape index (κ3) is 5.30. The second kappa shape index (κ2) is 7.29. The first-order valence-electron chi connectivity index (χ1n) is 7.76. The number of rotatable bonds is 6. The summed E-state index contributed by atoms with van der Waals surface area (Å²) in [7, 11) is -4.59. The van der Waals surface area contributed by atoms with Crippen molar-refractivity contribution in [2.45, 2.75) is 26.7 Å². The van der Waals surface area contributed by atoms with Crippen molar-refractivity contribution in [2.75, 3.05) is 22.5 Å². The highest BCUT2D eigenvalue weighted by Gasteiger charge is 2.33. The van der Waals surface area contributed by atoms with Gasteiger partial charge in [0.05, 0.1) is 5.75 Å². The highest BCUT2D eigenvalue weighted by Crippen LogP contribution is 2.27. The second-order valence-corrected chi connectivity index (χ2v) is 7.88. The molecule has 0 aromatic heterocycles. The van der Waals surface area contributed by atoms with E-state index in [0.29, 0.717) is 17.8 Å². The summed E-state index contributed by atoms with van der Waals surface area (Å²) in [6, 6.07) is 6.71. The number of halogens is 1. The summed E-state index contributed by atoms with van der Waals surface area (Å²) in [6.45, 7) is 4.08. The molecule has 6 nitrogen and oxygen atoms in total. The summed E-state index contributed by atoms with van der Waals surface area (Å²) in [5.41, 5.74) is 1.22. The molecule has 0 bridgehead atoms. The number of nitrogens with zero attached hydrogens (tertiary/aromatic N) is 1. The topological polar surface area (TPSA) is 83.6 Å². The van der Waals surface area contributed by atoms with Gasteiger partial charge in [0, 0.05) is 36.7 Å². The average molecular weight is 356 g/mol. The van der Waals surface area contributed by atoms with Crippen LogP contribution >= 0.6 is 0 Å². The van der Waals surface area contributed by atoms with Crippen LogP contribution in [0.25, 0.3) is 0 Å². The standard InChI is InChI=1S/C16H21FN2O4S/c1-11(2)7-15(20)18-13-3-5-14(6-4-13)19-9-12(8-16(19)21)10-24(17,22)23/h3-6,11-12H,7-10H2,1-2H3,(H,18,20). The number of nitrogens with one attached hydrogen (secondary N) is 1. The van der Waals surface area contributed by atoms with Crippen LogP contribution in [0.15, 0.2) is 24.3 Å². The molecule has 1 aliphatic heterocycles. The van der Waals surface area contributed by atoms with Crippen LogP contribution in [0.3, 0.4) is 0 Å². The summed E-state index contributed by atoms with van der Waals surface area (Å²) >= 11 is 0. The SMILES string of the molecule is CC(C)CC(=O)Nc1ccc(N2CC(CS(=O)(=O)F)CC2=O)cc1. The molecule has 1 aromatic rings. The average Bonchev–Trinajstić information content (AvgIpc) is 2.77. The fourth-order valence-corrected chi connectivity index (χ4v) is 3.52. The van der Waals surface area contributed by atoms with E-state index in [1.54, 1.807) is 24.3 Å². The highest BCUT2D eigenvalue weighted by atomic mass is 32.3. The lowest BCUT2D eigenvalue weighted by Crippen LogP contribution is -2.25. The van der Waals surface area contributed by atoms with Gasteiger partial charge in [-0.25, -0.2) is 0 Å². The van der Waals surface area contributed by atoms with Gasteiger partial charge in [-0.2, -0.15) is 8.42 Å². The number of anilines is 2. The lowest BCUT2D eigenvalue weighted by atomic mass is 10.1. The van der Waals surface area contributed by atoms with Crippen molar-refractivity contribution in [3.63, 3.8) is 0 Å². The van der Waals surface area contributed by atoms with Crippen molar-refractivity contribution >= 4 is 33.4 Å². The van der Waals surface area contributed by atoms with E-state index < -0.39 is 21.9 Å². The molecular formula is C16H21FN2O4S. The first kappa shape index (κ1) is 18.4. The summed E-state index contributed by atoms with van der Waals surface area (Å²) < 4.78 is 34.2. The summed E-state index contributed by atoms with van der Waals surface area (Å²) in [5, 5.41) is 2.77. The van der Waals surface area contributed by atoms with Gasteiger partial charge in [0.2, 0.25) is 11.8 Å². The Kier molecular flexibility index (Phi) is 5.58. The fraction of sp³-hybridized carbons (Fsp3) is 0.500. The van der Waals surface area contributed by atoms with E-state index in [9.17, 15) is 21.9 Å². The Labute approximate surface area is 141 Å². The molecule has 2 rings (SSSR count). The number of hydrogen-bond donors (Lipinski definition) is 1. The lowest BCUT2D eigenvalue weighted by molar-refractivity contribution is -0.117. The monoisotopic (exact) mass is 356 g/mol. The summed E-state index contributed by atoms with van der Waals surface area (Å²) in [6.07, 6.45) is 0.432. The van der Waals surface area contributed by atoms with Crippen molar-refractivity contribution < 1.29 is 21.9 Å². The van der Waals surface area contributed by atoms with Gasteiger partial charge in [-0.15, -0.1) is 3.89 Å². The number of carbonyl (C=O) groups excluding carboxylic acids is 2. The maximum atomic E-state index is 12.8. The van der Waals surface area contributed by atoms with Crippen LogP contribution in [0.1, 0.15) is 26.7 Å². The van der Waals surface area contributed by atoms with Gasteiger partial charge >= 0.3 is 10.2 Å². The van der Waals surface area contributed by atoms with Crippen molar-refractivity contribution in [3.05, 3.63) is 24.3 Å². The maximum absolute atomic E-state index is 12.8. The van der Waals surface area contributed by atoms with Gasteiger partial charge in [0.1, 0.15) is 0 Å². The molecular weight excluding hydrogens is 335 g/mol. The fourth-order valence-electron chi connectivity index (χ4n) is 2.73. The predicted molar refractivity (Wildman–Crippen MR) is 89.9 cm³/mol. The van der Waals surface area contributed by atoms with Gasteiger partial charge in [-0.05, 0) is 30.2 Å². The molecule has 1 saturated heterocycles. The van der Waals surface area contributed by atoms with Crippen LogP contribution in [0, 0.1) is 11.8 Å². The molecule has 24 heavy (non-hydrogen) atoms. The zero-order chi connectivity index (χ0) is 17.9. The lowest BCUT2D eigenvalue weighted by Gasteiger charge is -2.17. The molecule has 0 aliphatic carbocycles. The van der Waals surface area contributed by atoms with Crippen LogP contribution in [0.4, 0.5) is 15.3 Å². The molecule has 1 atom stereocenters. The Morgan fingerprint density at radius 2 is 1.96 bits per heavy atom. The number of benzene rings is 1. The smallest absolute Gasteiger partial charge is 0.302 e. The predicted octanol–water partition coefficient (Wildman–Crippen LogP) is 2.32. The largest absolute Gasteiger partial charge is 0.326 e. The highest BCUT2D eigenvalue weighted by molar-refractivity contribution is 7.86. The van der Waals surface area contributed by atoms with E-state index in [2.05, 4.69) is 5.32 Å². The third-order valence-corrected chi connectivity index (χ3v) is 4.57. The van der Waals surface area contributed by atoms with Gasteiger partial charge in [-0.1, -0.05) is 13.8 Å². The minimum atomic E-state index is -4.59. The van der Waals surface area contributed by atoms with Crippen molar-refractivity contribution in [1.82, 2.24) is 0 Å². The van der Waals surface area contributed by atoms with E-state index in [-0.39, 0.29) is 30.7 Å². The molecule has 0 radical (unpaired) electrons.